The highest BCUT2D eigenvalue weighted by molar-refractivity contribution is 6.33. The van der Waals surface area contributed by atoms with Crippen LogP contribution in [0.3, 0.4) is 0 Å². The number of hydrogen-bond donors (Lipinski definition) is 0. The lowest BCUT2D eigenvalue weighted by Crippen LogP contribution is -2.07. The molecule has 0 spiro atoms. The highest BCUT2D eigenvalue weighted by Crippen LogP contribution is 2.21. The number of methoxy groups -OCH3 is 1. The quantitative estimate of drug-likeness (QED) is 0.524. The Bertz CT molecular complexity index is 871. The zero-order valence-corrected chi connectivity index (χ0v) is 14.1. The molecule has 0 radical (unpaired) electrons. The molecule has 0 aliphatic carbocycles. The van der Waals surface area contributed by atoms with E-state index in [1.54, 1.807) is 0 Å². The van der Waals surface area contributed by atoms with Crippen LogP contribution in [0.15, 0.2) is 71.7 Å². The number of halogens is 1. The van der Waals surface area contributed by atoms with Crippen LogP contribution in [0.1, 0.15) is 21.6 Å². The Morgan fingerprint density at radius 2 is 1.52 bits per heavy atom. The lowest BCUT2D eigenvalue weighted by atomic mass is 10.0. The van der Waals surface area contributed by atoms with Gasteiger partial charge in [0.05, 0.1) is 17.8 Å². The maximum atomic E-state index is 11.6. The van der Waals surface area contributed by atoms with E-state index in [1.807, 2.05) is 60.7 Å². The van der Waals surface area contributed by atoms with Crippen LogP contribution >= 0.6 is 11.6 Å². The molecule has 0 fully saturated rings. The molecule has 0 unspecified atom stereocenters. The summed E-state index contributed by atoms with van der Waals surface area (Å²) in [7, 11) is 1.26. The molecular weight excluding hydrogens is 338 g/mol. The Balaban J connectivity index is 2.08. The Labute approximate surface area is 150 Å². The highest BCUT2D eigenvalue weighted by Gasteiger charge is 2.15. The lowest BCUT2D eigenvalue weighted by Gasteiger charge is -2.07. The number of aromatic nitrogens is 2. The van der Waals surface area contributed by atoms with Gasteiger partial charge in [-0.05, 0) is 0 Å². The van der Waals surface area contributed by atoms with Crippen molar-refractivity contribution in [1.82, 2.24) is 10.2 Å². The van der Waals surface area contributed by atoms with Gasteiger partial charge in [0.2, 0.25) is 0 Å². The number of ether oxygens (including phenoxy) is 1. The van der Waals surface area contributed by atoms with Crippen LogP contribution in [-0.2, 0) is 4.74 Å². The van der Waals surface area contributed by atoms with E-state index in [0.717, 1.165) is 16.8 Å². The van der Waals surface area contributed by atoms with Gasteiger partial charge in [0.15, 0.2) is 11.5 Å². The van der Waals surface area contributed by atoms with E-state index < -0.39 is 5.97 Å². The fraction of sp³-hybridized carbons (Fsp3) is 0.0526. The van der Waals surface area contributed by atoms with Crippen LogP contribution in [-0.4, -0.2) is 29.0 Å². The molecule has 0 saturated heterocycles. The molecule has 6 heteroatoms. The summed E-state index contributed by atoms with van der Waals surface area (Å²) in [6.45, 7) is 0. The van der Waals surface area contributed by atoms with Crippen molar-refractivity contribution in [3.05, 3.63) is 88.6 Å². The third-order valence-electron chi connectivity index (χ3n) is 3.43. The predicted molar refractivity (Wildman–Crippen MR) is 96.6 cm³/mol. The Morgan fingerprint density at radius 3 is 2.00 bits per heavy atom. The Morgan fingerprint density at radius 1 is 0.960 bits per heavy atom. The van der Waals surface area contributed by atoms with E-state index in [9.17, 15) is 4.79 Å². The summed E-state index contributed by atoms with van der Waals surface area (Å²) in [5.74, 6) is -0.334. The van der Waals surface area contributed by atoms with E-state index in [2.05, 4.69) is 19.9 Å². The number of nitrogens with zero attached hydrogens (tertiary/aromatic N) is 3. The van der Waals surface area contributed by atoms with Crippen molar-refractivity contribution >= 4 is 29.1 Å². The minimum atomic E-state index is -0.639. The Hall–Kier alpha value is -3.05. The molecule has 25 heavy (non-hydrogen) atoms. The molecule has 0 aliphatic rings. The van der Waals surface area contributed by atoms with Crippen molar-refractivity contribution in [3.63, 3.8) is 0 Å². The second-order valence-electron chi connectivity index (χ2n) is 5.08. The maximum Gasteiger partial charge on any atom is 0.360 e. The molecule has 3 rings (SSSR count). The van der Waals surface area contributed by atoms with Crippen LogP contribution < -0.4 is 0 Å². The maximum absolute atomic E-state index is 11.6. The van der Waals surface area contributed by atoms with Crippen molar-refractivity contribution in [2.75, 3.05) is 7.11 Å². The zero-order valence-electron chi connectivity index (χ0n) is 13.4. The molecule has 0 saturated carbocycles. The van der Waals surface area contributed by atoms with E-state index in [-0.39, 0.29) is 10.7 Å². The third-order valence-corrected chi connectivity index (χ3v) is 3.72. The average molecular weight is 352 g/mol. The number of carbonyl (C=O) groups is 1. The van der Waals surface area contributed by atoms with Crippen LogP contribution in [0.5, 0.6) is 0 Å². The average Bonchev–Trinajstić information content (AvgIpc) is 2.67. The number of aliphatic imine (C=N–C) groups is 1. The largest absolute Gasteiger partial charge is 0.464 e. The second-order valence-corrected chi connectivity index (χ2v) is 5.49. The predicted octanol–water partition coefficient (Wildman–Crippen LogP) is 4.09. The van der Waals surface area contributed by atoms with Gasteiger partial charge in [-0.2, -0.15) is 0 Å². The molecule has 0 N–H and O–H groups in total. The van der Waals surface area contributed by atoms with E-state index in [0.29, 0.717) is 5.82 Å². The number of carbonyl (C=O) groups excluding carboxylic acids is 1. The fourth-order valence-corrected chi connectivity index (χ4v) is 2.46. The Kier molecular flexibility index (Phi) is 5.16. The molecule has 5 nitrogen and oxygen atoms in total. The first-order valence-electron chi connectivity index (χ1n) is 7.50. The van der Waals surface area contributed by atoms with Crippen LogP contribution in [0, 0.1) is 0 Å². The number of hydrogen-bond acceptors (Lipinski definition) is 5. The van der Waals surface area contributed by atoms with Crippen LogP contribution in [0.25, 0.3) is 0 Å². The molecule has 1 aromatic heterocycles. The summed E-state index contributed by atoms with van der Waals surface area (Å²) in [6, 6.07) is 21.0. The van der Waals surface area contributed by atoms with Crippen LogP contribution in [0.2, 0.25) is 5.02 Å². The normalized spacial score (nSPS) is 10.2. The topological polar surface area (TPSA) is 64.4 Å². The molecule has 1 heterocycles. The standard InChI is InChI=1S/C19H14ClN3O2/c1-25-19(24)18-15(20)12-16(22-23-18)21-17(13-8-4-2-5-9-13)14-10-6-3-7-11-14/h2-12H,1H3. The number of esters is 1. The van der Waals surface area contributed by atoms with E-state index in [4.69, 9.17) is 11.6 Å². The molecule has 3 aromatic rings. The molecule has 0 amide bonds. The highest BCUT2D eigenvalue weighted by atomic mass is 35.5. The molecule has 0 aliphatic heterocycles. The van der Waals surface area contributed by atoms with Gasteiger partial charge in [-0.3, -0.25) is 0 Å². The molecule has 0 bridgehead atoms. The summed E-state index contributed by atoms with van der Waals surface area (Å²) in [4.78, 5) is 16.2. The summed E-state index contributed by atoms with van der Waals surface area (Å²) in [5.41, 5.74) is 2.56. The monoisotopic (exact) mass is 351 g/mol. The van der Waals surface area contributed by atoms with Crippen molar-refractivity contribution in [2.45, 2.75) is 0 Å². The lowest BCUT2D eigenvalue weighted by molar-refractivity contribution is 0.0593. The first-order chi connectivity index (χ1) is 12.2. The van der Waals surface area contributed by atoms with Gasteiger partial charge in [0.1, 0.15) is 0 Å². The van der Waals surface area contributed by atoms with Crippen molar-refractivity contribution in [3.8, 4) is 0 Å². The smallest absolute Gasteiger partial charge is 0.360 e. The van der Waals surface area contributed by atoms with Gasteiger partial charge < -0.3 is 4.74 Å². The van der Waals surface area contributed by atoms with Crippen molar-refractivity contribution < 1.29 is 9.53 Å². The minimum absolute atomic E-state index is 0.0379. The summed E-state index contributed by atoms with van der Waals surface area (Å²) in [5, 5.41) is 7.94. The van der Waals surface area contributed by atoms with Gasteiger partial charge in [-0.25, -0.2) is 9.79 Å². The van der Waals surface area contributed by atoms with E-state index in [1.165, 1.54) is 13.2 Å². The van der Waals surface area contributed by atoms with Gasteiger partial charge >= 0.3 is 5.97 Å². The van der Waals surface area contributed by atoms with Gasteiger partial charge in [-0.15, -0.1) is 10.2 Å². The summed E-state index contributed by atoms with van der Waals surface area (Å²) in [6.07, 6.45) is 0. The first kappa shape index (κ1) is 16.8. The third kappa shape index (κ3) is 3.89. The SMILES string of the molecule is COC(=O)c1nnc(N=C(c2ccccc2)c2ccccc2)cc1Cl. The summed E-state index contributed by atoms with van der Waals surface area (Å²) < 4.78 is 4.62. The fourth-order valence-electron chi connectivity index (χ4n) is 2.25. The zero-order chi connectivity index (χ0) is 17.6. The molecule has 2 aromatic carbocycles. The minimum Gasteiger partial charge on any atom is -0.464 e. The molecular formula is C19H14ClN3O2. The van der Waals surface area contributed by atoms with Gasteiger partial charge in [0, 0.05) is 17.2 Å². The van der Waals surface area contributed by atoms with Crippen molar-refractivity contribution in [1.29, 1.82) is 0 Å². The molecule has 124 valence electrons. The molecule has 0 atom stereocenters. The summed E-state index contributed by atoms with van der Waals surface area (Å²) >= 11 is 6.11. The van der Waals surface area contributed by atoms with Gasteiger partial charge in [-0.1, -0.05) is 72.3 Å². The second kappa shape index (κ2) is 7.68. The van der Waals surface area contributed by atoms with E-state index >= 15 is 0 Å². The number of rotatable bonds is 4. The number of benzene rings is 2. The van der Waals surface area contributed by atoms with Crippen LogP contribution in [0.4, 0.5) is 5.82 Å². The van der Waals surface area contributed by atoms with Crippen molar-refractivity contribution in [2.24, 2.45) is 4.99 Å². The van der Waals surface area contributed by atoms with Gasteiger partial charge in [0.25, 0.3) is 0 Å². The first-order valence-corrected chi connectivity index (χ1v) is 7.88.